The van der Waals surface area contributed by atoms with E-state index in [1.54, 1.807) is 6.20 Å². The maximum Gasteiger partial charge on any atom is 0.172 e. The molecule has 0 fully saturated rings. The van der Waals surface area contributed by atoms with Gasteiger partial charge in [0, 0.05) is 17.0 Å². The van der Waals surface area contributed by atoms with Crippen molar-refractivity contribution in [2.24, 2.45) is 5.92 Å². The van der Waals surface area contributed by atoms with E-state index in [1.807, 2.05) is 17.5 Å². The lowest BCUT2D eigenvalue weighted by molar-refractivity contribution is 0.737. The van der Waals surface area contributed by atoms with E-state index in [-0.39, 0.29) is 0 Å². The van der Waals surface area contributed by atoms with Gasteiger partial charge in [-0.05, 0) is 29.6 Å². The fourth-order valence-corrected chi connectivity index (χ4v) is 1.31. The first kappa shape index (κ1) is 10.1. The minimum atomic E-state index is 0.833. The van der Waals surface area contributed by atoms with Crippen LogP contribution in [0.5, 0.6) is 0 Å². The topological polar surface area (TPSA) is 25.8 Å². The Kier molecular flexibility index (Phi) is 3.83. The van der Waals surface area contributed by atoms with Crippen LogP contribution in [0, 0.1) is 5.92 Å². The number of nitrogens with zero attached hydrogens (tertiary/aromatic N) is 2. The smallest absolute Gasteiger partial charge is 0.172 e. The summed E-state index contributed by atoms with van der Waals surface area (Å²) in [5.74, 6) is 0.833. The summed E-state index contributed by atoms with van der Waals surface area (Å²) in [5.41, 5.74) is 0.850. The van der Waals surface area contributed by atoms with Gasteiger partial charge >= 0.3 is 0 Å². The largest absolute Gasteiger partial charge is 0.236 e. The van der Waals surface area contributed by atoms with E-state index in [9.17, 15) is 0 Å². The van der Waals surface area contributed by atoms with Gasteiger partial charge in [-0.3, -0.25) is 0 Å². The van der Waals surface area contributed by atoms with Gasteiger partial charge in [0.1, 0.15) is 0 Å². The van der Waals surface area contributed by atoms with Crippen molar-refractivity contribution in [2.45, 2.75) is 20.8 Å². The van der Waals surface area contributed by atoms with Crippen LogP contribution in [0.4, 0.5) is 0 Å². The normalized spacial score (nSPS) is 9.85. The standard InChI is InChI=1S/C6H4N2S.C4H10/c1-2-5-4-9-8-6(5)7-3-1;1-4(2)3/h1-4H;4H,1-3H3. The van der Waals surface area contributed by atoms with Crippen molar-refractivity contribution >= 4 is 22.6 Å². The molecule has 0 aliphatic heterocycles. The zero-order valence-corrected chi connectivity index (χ0v) is 9.01. The molecule has 70 valence electrons. The number of hydrogen-bond acceptors (Lipinski definition) is 3. The Morgan fingerprint density at radius 1 is 1.31 bits per heavy atom. The molecule has 2 rings (SSSR count). The van der Waals surface area contributed by atoms with Gasteiger partial charge in [0.2, 0.25) is 0 Å². The Bertz CT molecular complexity index is 321. The molecule has 0 saturated heterocycles. The summed E-state index contributed by atoms with van der Waals surface area (Å²) in [5, 5.41) is 3.12. The third-order valence-corrected chi connectivity index (χ3v) is 1.77. The van der Waals surface area contributed by atoms with E-state index in [2.05, 4.69) is 30.1 Å². The molecular formula is C10H14N2S. The first-order chi connectivity index (χ1) is 6.20. The minimum absolute atomic E-state index is 0.833. The summed E-state index contributed by atoms with van der Waals surface area (Å²) < 4.78 is 4.05. The maximum absolute atomic E-state index is 4.05. The van der Waals surface area contributed by atoms with E-state index >= 15 is 0 Å². The lowest BCUT2D eigenvalue weighted by atomic mass is 10.3. The molecule has 0 N–H and O–H groups in total. The second kappa shape index (κ2) is 4.92. The van der Waals surface area contributed by atoms with Gasteiger partial charge < -0.3 is 0 Å². The molecule has 0 spiro atoms. The highest BCUT2D eigenvalue weighted by Gasteiger charge is 1.91. The monoisotopic (exact) mass is 194 g/mol. The number of pyridine rings is 1. The molecule has 2 nitrogen and oxygen atoms in total. The van der Waals surface area contributed by atoms with E-state index < -0.39 is 0 Å². The Balaban J connectivity index is 0.000000184. The molecule has 0 radical (unpaired) electrons. The first-order valence-corrected chi connectivity index (χ1v) is 5.19. The zero-order valence-electron chi connectivity index (χ0n) is 8.19. The molecule has 0 aromatic carbocycles. The van der Waals surface area contributed by atoms with Gasteiger partial charge in [-0.15, -0.1) is 0 Å². The van der Waals surface area contributed by atoms with Crippen LogP contribution >= 0.6 is 11.5 Å². The van der Waals surface area contributed by atoms with Crippen LogP contribution in [0.1, 0.15) is 20.8 Å². The number of aromatic nitrogens is 2. The molecule has 0 amide bonds. The Morgan fingerprint density at radius 3 is 2.62 bits per heavy atom. The van der Waals surface area contributed by atoms with E-state index in [4.69, 9.17) is 0 Å². The molecule has 0 saturated carbocycles. The van der Waals surface area contributed by atoms with Gasteiger partial charge in [0.05, 0.1) is 0 Å². The highest BCUT2D eigenvalue weighted by atomic mass is 32.1. The summed E-state index contributed by atoms with van der Waals surface area (Å²) in [4.78, 5) is 4.04. The van der Waals surface area contributed by atoms with E-state index in [1.165, 1.54) is 11.5 Å². The molecule has 0 aliphatic rings. The SMILES string of the molecule is CC(C)C.c1cnc2nscc2c1. The average Bonchev–Trinajstić information content (AvgIpc) is 2.49. The third-order valence-electron chi connectivity index (χ3n) is 1.14. The highest BCUT2D eigenvalue weighted by Crippen LogP contribution is 2.09. The van der Waals surface area contributed by atoms with Crippen molar-refractivity contribution in [1.29, 1.82) is 0 Å². The third kappa shape index (κ3) is 3.51. The molecule has 13 heavy (non-hydrogen) atoms. The lowest BCUT2D eigenvalue weighted by Gasteiger charge is -1.80. The Hall–Kier alpha value is -0.960. The van der Waals surface area contributed by atoms with Crippen LogP contribution in [0.25, 0.3) is 11.0 Å². The predicted molar refractivity (Wildman–Crippen MR) is 57.9 cm³/mol. The van der Waals surface area contributed by atoms with Gasteiger partial charge in [-0.1, -0.05) is 20.8 Å². The predicted octanol–water partition coefficient (Wildman–Crippen LogP) is 3.35. The van der Waals surface area contributed by atoms with Gasteiger partial charge in [-0.2, -0.15) is 4.37 Å². The molecule has 2 heterocycles. The van der Waals surface area contributed by atoms with Crippen molar-refractivity contribution in [3.05, 3.63) is 23.7 Å². The van der Waals surface area contributed by atoms with Crippen molar-refractivity contribution in [3.8, 4) is 0 Å². The zero-order chi connectivity index (χ0) is 9.68. The summed E-state index contributed by atoms with van der Waals surface area (Å²) in [6.07, 6.45) is 1.75. The minimum Gasteiger partial charge on any atom is -0.236 e. The maximum atomic E-state index is 4.05. The molecular weight excluding hydrogens is 180 g/mol. The van der Waals surface area contributed by atoms with Crippen molar-refractivity contribution in [1.82, 2.24) is 9.36 Å². The summed E-state index contributed by atoms with van der Waals surface area (Å²) in [6.45, 7) is 6.50. The molecule has 0 unspecified atom stereocenters. The Labute approximate surface area is 82.8 Å². The fraction of sp³-hybridized carbons (Fsp3) is 0.400. The molecule has 3 heteroatoms. The molecule has 0 bridgehead atoms. The summed E-state index contributed by atoms with van der Waals surface area (Å²) in [6, 6.07) is 3.92. The number of fused-ring (bicyclic) bond motifs is 1. The van der Waals surface area contributed by atoms with Crippen LogP contribution in [-0.4, -0.2) is 9.36 Å². The van der Waals surface area contributed by atoms with Crippen LogP contribution in [0.3, 0.4) is 0 Å². The van der Waals surface area contributed by atoms with Gasteiger partial charge in [0.25, 0.3) is 0 Å². The second-order valence-electron chi connectivity index (χ2n) is 3.46. The highest BCUT2D eigenvalue weighted by molar-refractivity contribution is 7.04. The van der Waals surface area contributed by atoms with E-state index in [0.29, 0.717) is 0 Å². The van der Waals surface area contributed by atoms with Crippen LogP contribution in [-0.2, 0) is 0 Å². The molecule has 2 aromatic heterocycles. The van der Waals surface area contributed by atoms with Crippen molar-refractivity contribution in [3.63, 3.8) is 0 Å². The van der Waals surface area contributed by atoms with Crippen molar-refractivity contribution < 1.29 is 0 Å². The lowest BCUT2D eigenvalue weighted by Crippen LogP contribution is -1.70. The molecule has 0 atom stereocenters. The van der Waals surface area contributed by atoms with Crippen molar-refractivity contribution in [2.75, 3.05) is 0 Å². The quantitative estimate of drug-likeness (QED) is 0.642. The average molecular weight is 194 g/mol. The first-order valence-electron chi connectivity index (χ1n) is 4.35. The van der Waals surface area contributed by atoms with Gasteiger partial charge in [-0.25, -0.2) is 4.98 Å². The van der Waals surface area contributed by atoms with Crippen LogP contribution in [0.15, 0.2) is 23.7 Å². The summed E-state index contributed by atoms with van der Waals surface area (Å²) in [7, 11) is 0. The molecule has 2 aromatic rings. The second-order valence-corrected chi connectivity index (χ2v) is 4.09. The van der Waals surface area contributed by atoms with Gasteiger partial charge in [0.15, 0.2) is 5.65 Å². The fourth-order valence-electron chi connectivity index (χ4n) is 0.711. The molecule has 0 aliphatic carbocycles. The summed E-state index contributed by atoms with van der Waals surface area (Å²) >= 11 is 1.44. The van der Waals surface area contributed by atoms with Crippen LogP contribution in [0.2, 0.25) is 0 Å². The van der Waals surface area contributed by atoms with E-state index in [0.717, 1.165) is 17.0 Å². The number of hydrogen-bond donors (Lipinski definition) is 0. The Morgan fingerprint density at radius 2 is 2.00 bits per heavy atom. The number of rotatable bonds is 0. The van der Waals surface area contributed by atoms with Crippen LogP contribution < -0.4 is 0 Å².